The van der Waals surface area contributed by atoms with Crippen molar-refractivity contribution in [1.82, 2.24) is 24.7 Å². The number of hydrogen-bond acceptors (Lipinski definition) is 5. The zero-order valence-electron chi connectivity index (χ0n) is 9.97. The molecule has 18 heavy (non-hydrogen) atoms. The molecular weight excluding hydrogens is 252 g/mol. The lowest BCUT2D eigenvalue weighted by molar-refractivity contribution is 0.649. The number of aryl methyl sites for hydroxylation is 1. The summed E-state index contributed by atoms with van der Waals surface area (Å²) in [4.78, 5) is 8.22. The minimum Gasteiger partial charge on any atom is -0.344 e. The van der Waals surface area contributed by atoms with Gasteiger partial charge in [-0.2, -0.15) is 0 Å². The number of nitrogens with zero attached hydrogens (tertiary/aromatic N) is 5. The zero-order chi connectivity index (χ0) is 12.5. The Hall–Kier alpha value is -1.69. The molecule has 94 valence electrons. The molecule has 0 aliphatic carbocycles. The van der Waals surface area contributed by atoms with Crippen LogP contribution < -0.4 is 5.32 Å². The van der Waals surface area contributed by atoms with Crippen LogP contribution in [0.5, 0.6) is 0 Å². The van der Waals surface area contributed by atoms with Crippen molar-refractivity contribution in [1.29, 1.82) is 0 Å². The fraction of sp³-hybridized carbons (Fsp3) is 0.455. The molecule has 1 aliphatic heterocycles. The minimum atomic E-state index is 0.0190. The molecular formula is C11H13ClN6. The SMILES string of the molecule is C[C@H](Nc1ncc(Cl)cn1)c1nnc2n1CCC2. The molecule has 0 bridgehead atoms. The van der Waals surface area contributed by atoms with Gasteiger partial charge in [-0.1, -0.05) is 11.6 Å². The summed E-state index contributed by atoms with van der Waals surface area (Å²) >= 11 is 5.75. The number of anilines is 1. The minimum absolute atomic E-state index is 0.0190. The van der Waals surface area contributed by atoms with Crippen LogP contribution in [0.15, 0.2) is 12.4 Å². The molecule has 3 rings (SSSR count). The molecule has 1 aliphatic rings. The summed E-state index contributed by atoms with van der Waals surface area (Å²) in [5.74, 6) is 2.54. The highest BCUT2D eigenvalue weighted by Gasteiger charge is 2.21. The van der Waals surface area contributed by atoms with Gasteiger partial charge in [-0.15, -0.1) is 10.2 Å². The van der Waals surface area contributed by atoms with Crippen molar-refractivity contribution in [2.24, 2.45) is 0 Å². The van der Waals surface area contributed by atoms with E-state index in [1.165, 1.54) is 0 Å². The summed E-state index contributed by atoms with van der Waals surface area (Å²) in [5.41, 5.74) is 0. The molecule has 0 saturated heterocycles. The van der Waals surface area contributed by atoms with Crippen LogP contribution >= 0.6 is 11.6 Å². The van der Waals surface area contributed by atoms with Crippen LogP contribution in [-0.4, -0.2) is 24.7 Å². The molecule has 3 heterocycles. The highest BCUT2D eigenvalue weighted by molar-refractivity contribution is 6.30. The first-order valence-electron chi connectivity index (χ1n) is 5.90. The Kier molecular flexibility index (Phi) is 2.87. The summed E-state index contributed by atoms with van der Waals surface area (Å²) in [6.45, 7) is 3.01. The Morgan fingerprint density at radius 2 is 2.11 bits per heavy atom. The number of hydrogen-bond donors (Lipinski definition) is 1. The Morgan fingerprint density at radius 3 is 2.89 bits per heavy atom. The van der Waals surface area contributed by atoms with Crippen molar-refractivity contribution in [2.75, 3.05) is 5.32 Å². The third-order valence-electron chi connectivity index (χ3n) is 2.99. The van der Waals surface area contributed by atoms with E-state index in [0.717, 1.165) is 31.0 Å². The molecule has 0 radical (unpaired) electrons. The van der Waals surface area contributed by atoms with Gasteiger partial charge in [-0.25, -0.2) is 9.97 Å². The van der Waals surface area contributed by atoms with E-state index in [-0.39, 0.29) is 6.04 Å². The van der Waals surface area contributed by atoms with Crippen LogP contribution in [0.25, 0.3) is 0 Å². The van der Waals surface area contributed by atoms with Crippen molar-refractivity contribution in [3.05, 3.63) is 29.1 Å². The summed E-state index contributed by atoms with van der Waals surface area (Å²) in [6.07, 6.45) is 5.29. The number of fused-ring (bicyclic) bond motifs is 1. The fourth-order valence-corrected chi connectivity index (χ4v) is 2.24. The lowest BCUT2D eigenvalue weighted by Crippen LogP contribution is -2.14. The molecule has 6 nitrogen and oxygen atoms in total. The van der Waals surface area contributed by atoms with Gasteiger partial charge in [0.05, 0.1) is 23.5 Å². The van der Waals surface area contributed by atoms with E-state index in [1.807, 2.05) is 6.92 Å². The Bertz CT molecular complexity index is 549. The van der Waals surface area contributed by atoms with E-state index in [4.69, 9.17) is 11.6 Å². The molecule has 2 aromatic heterocycles. The van der Waals surface area contributed by atoms with Crippen molar-refractivity contribution < 1.29 is 0 Å². The first-order valence-corrected chi connectivity index (χ1v) is 6.28. The second-order valence-corrected chi connectivity index (χ2v) is 4.76. The predicted octanol–water partition coefficient (Wildman–Crippen LogP) is 1.84. The molecule has 2 aromatic rings. The lowest BCUT2D eigenvalue weighted by Gasteiger charge is -2.13. The van der Waals surface area contributed by atoms with Crippen LogP contribution in [-0.2, 0) is 13.0 Å². The maximum atomic E-state index is 5.75. The third-order valence-corrected chi connectivity index (χ3v) is 3.19. The van der Waals surface area contributed by atoms with Crippen LogP contribution in [0.2, 0.25) is 5.02 Å². The van der Waals surface area contributed by atoms with Gasteiger partial charge < -0.3 is 9.88 Å². The van der Waals surface area contributed by atoms with E-state index in [9.17, 15) is 0 Å². The number of nitrogens with one attached hydrogen (secondary N) is 1. The zero-order valence-corrected chi connectivity index (χ0v) is 10.7. The lowest BCUT2D eigenvalue weighted by atomic mass is 10.3. The van der Waals surface area contributed by atoms with Crippen LogP contribution in [0.4, 0.5) is 5.95 Å². The Labute approximate surface area is 109 Å². The first-order chi connectivity index (χ1) is 8.74. The number of rotatable bonds is 3. The molecule has 7 heteroatoms. The summed E-state index contributed by atoms with van der Waals surface area (Å²) in [6, 6.07) is 0.0190. The molecule has 0 aromatic carbocycles. The van der Waals surface area contributed by atoms with Gasteiger partial charge >= 0.3 is 0 Å². The smallest absolute Gasteiger partial charge is 0.223 e. The Morgan fingerprint density at radius 1 is 1.33 bits per heavy atom. The van der Waals surface area contributed by atoms with Crippen molar-refractivity contribution in [3.63, 3.8) is 0 Å². The van der Waals surface area contributed by atoms with Crippen molar-refractivity contribution >= 4 is 17.5 Å². The van der Waals surface area contributed by atoms with Crippen LogP contribution in [0.3, 0.4) is 0 Å². The maximum Gasteiger partial charge on any atom is 0.223 e. The maximum absolute atomic E-state index is 5.75. The highest BCUT2D eigenvalue weighted by atomic mass is 35.5. The average Bonchev–Trinajstić information content (AvgIpc) is 2.93. The predicted molar refractivity (Wildman–Crippen MR) is 67.4 cm³/mol. The normalized spacial score (nSPS) is 15.4. The molecule has 0 unspecified atom stereocenters. The number of halogens is 1. The highest BCUT2D eigenvalue weighted by Crippen LogP contribution is 2.21. The molecule has 1 atom stereocenters. The van der Waals surface area contributed by atoms with Gasteiger partial charge in [0.25, 0.3) is 0 Å². The summed E-state index contributed by atoms with van der Waals surface area (Å²) in [7, 11) is 0. The molecule has 0 amide bonds. The average molecular weight is 265 g/mol. The monoisotopic (exact) mass is 264 g/mol. The van der Waals surface area contributed by atoms with Crippen molar-refractivity contribution in [2.45, 2.75) is 32.4 Å². The fourth-order valence-electron chi connectivity index (χ4n) is 2.14. The number of aromatic nitrogens is 5. The Balaban J connectivity index is 1.78. The largest absolute Gasteiger partial charge is 0.344 e. The molecule has 0 spiro atoms. The van der Waals surface area contributed by atoms with Gasteiger partial charge in [0.1, 0.15) is 5.82 Å². The van der Waals surface area contributed by atoms with E-state index >= 15 is 0 Å². The summed E-state index contributed by atoms with van der Waals surface area (Å²) in [5, 5.41) is 12.1. The van der Waals surface area contributed by atoms with Crippen molar-refractivity contribution in [3.8, 4) is 0 Å². The second-order valence-electron chi connectivity index (χ2n) is 4.32. The van der Waals surface area contributed by atoms with E-state index in [0.29, 0.717) is 11.0 Å². The van der Waals surface area contributed by atoms with Gasteiger partial charge in [0.2, 0.25) is 5.95 Å². The van der Waals surface area contributed by atoms with Gasteiger partial charge in [0.15, 0.2) is 5.82 Å². The molecule has 1 N–H and O–H groups in total. The van der Waals surface area contributed by atoms with Gasteiger partial charge in [-0.3, -0.25) is 0 Å². The molecule has 0 saturated carbocycles. The van der Waals surface area contributed by atoms with E-state index < -0.39 is 0 Å². The van der Waals surface area contributed by atoms with Crippen LogP contribution in [0, 0.1) is 0 Å². The second kappa shape index (κ2) is 4.53. The standard InChI is InChI=1S/C11H13ClN6/c1-7(15-11-13-5-8(12)6-14-11)10-17-16-9-3-2-4-18(9)10/h5-7H,2-4H2,1H3,(H,13,14,15)/t7-/m0/s1. The van der Waals surface area contributed by atoms with Gasteiger partial charge in [0, 0.05) is 13.0 Å². The first kappa shape index (κ1) is 11.4. The molecule has 0 fully saturated rings. The van der Waals surface area contributed by atoms with Crippen LogP contribution in [0.1, 0.15) is 31.0 Å². The third kappa shape index (κ3) is 2.03. The van der Waals surface area contributed by atoms with E-state index in [1.54, 1.807) is 12.4 Å². The van der Waals surface area contributed by atoms with Gasteiger partial charge in [-0.05, 0) is 13.3 Å². The topological polar surface area (TPSA) is 68.5 Å². The quantitative estimate of drug-likeness (QED) is 0.916. The van der Waals surface area contributed by atoms with E-state index in [2.05, 4.69) is 30.0 Å². The summed E-state index contributed by atoms with van der Waals surface area (Å²) < 4.78 is 2.16.